The number of primary amides is 1. The molecule has 31 heavy (non-hydrogen) atoms. The summed E-state index contributed by atoms with van der Waals surface area (Å²) in [6.07, 6.45) is 1.06. The number of hydrogen-bond donors (Lipinski definition) is 2. The maximum Gasteiger partial charge on any atom is 0.338 e. The van der Waals surface area contributed by atoms with Crippen LogP contribution in [0.3, 0.4) is 0 Å². The number of rotatable bonds is 5. The molecular formula is C22H20BrN3O5. The van der Waals surface area contributed by atoms with E-state index in [1.54, 1.807) is 37.3 Å². The fourth-order valence-electron chi connectivity index (χ4n) is 4.29. The highest BCUT2D eigenvalue weighted by molar-refractivity contribution is 9.10. The SMILES string of the molecule is CCOC(=O)c1ccc(C(C(N)=O)C2CCc3cc(Br)cc4[nH]c(=O)c(=O)n2c34)cc1. The van der Waals surface area contributed by atoms with Crippen molar-refractivity contribution in [1.29, 1.82) is 0 Å². The summed E-state index contributed by atoms with van der Waals surface area (Å²) in [5.41, 5.74) is 7.20. The Labute approximate surface area is 185 Å². The summed E-state index contributed by atoms with van der Waals surface area (Å²) in [6.45, 7) is 1.97. The minimum absolute atomic E-state index is 0.254. The second-order valence-corrected chi connectivity index (χ2v) is 8.33. The topological polar surface area (TPSA) is 124 Å². The molecule has 1 amide bonds. The number of nitrogens with zero attached hydrogens (tertiary/aromatic N) is 1. The molecule has 4 rings (SSSR count). The minimum atomic E-state index is -0.851. The van der Waals surface area contributed by atoms with E-state index in [2.05, 4.69) is 20.9 Å². The molecule has 2 atom stereocenters. The van der Waals surface area contributed by atoms with Crippen molar-refractivity contribution in [3.05, 3.63) is 78.3 Å². The van der Waals surface area contributed by atoms with Gasteiger partial charge >= 0.3 is 17.1 Å². The molecule has 0 bridgehead atoms. The second-order valence-electron chi connectivity index (χ2n) is 7.42. The first-order valence-corrected chi connectivity index (χ1v) is 10.6. The molecule has 160 valence electrons. The number of aromatic amines is 1. The molecule has 2 aromatic carbocycles. The largest absolute Gasteiger partial charge is 0.462 e. The Bertz CT molecular complexity index is 1310. The van der Waals surface area contributed by atoms with E-state index in [0.29, 0.717) is 35.0 Å². The molecule has 1 aliphatic rings. The number of nitrogens with two attached hydrogens (primary N) is 1. The number of esters is 1. The van der Waals surface area contributed by atoms with Gasteiger partial charge in [-0.1, -0.05) is 28.1 Å². The van der Waals surface area contributed by atoms with Gasteiger partial charge in [0.15, 0.2) is 0 Å². The Morgan fingerprint density at radius 3 is 2.61 bits per heavy atom. The van der Waals surface area contributed by atoms with Gasteiger partial charge in [0.25, 0.3) is 0 Å². The first-order chi connectivity index (χ1) is 14.8. The second kappa shape index (κ2) is 8.14. The van der Waals surface area contributed by atoms with E-state index in [9.17, 15) is 19.2 Å². The van der Waals surface area contributed by atoms with E-state index in [0.717, 1.165) is 10.0 Å². The molecule has 0 radical (unpaired) electrons. The molecule has 0 saturated carbocycles. The van der Waals surface area contributed by atoms with Crippen LogP contribution >= 0.6 is 15.9 Å². The standard InChI is InChI=1S/C22H20BrN3O5/c1-2-31-22(30)12-5-3-11(4-6-12)17(19(24)27)16-8-7-13-9-14(23)10-15-18(13)26(16)21(29)20(28)25-15/h3-6,9-10,16-17H,2,7-8H2,1H3,(H2,24,27)(H,25,28). The van der Waals surface area contributed by atoms with Gasteiger partial charge < -0.3 is 15.5 Å². The highest BCUT2D eigenvalue weighted by Gasteiger charge is 2.35. The average Bonchev–Trinajstić information content (AvgIpc) is 2.73. The van der Waals surface area contributed by atoms with Crippen LogP contribution in [0.4, 0.5) is 0 Å². The Kier molecular flexibility index (Phi) is 5.53. The van der Waals surface area contributed by atoms with Gasteiger partial charge in [0.1, 0.15) is 0 Å². The predicted octanol–water partition coefficient (Wildman–Crippen LogP) is 2.39. The smallest absolute Gasteiger partial charge is 0.338 e. The van der Waals surface area contributed by atoms with E-state index in [-0.39, 0.29) is 6.61 Å². The van der Waals surface area contributed by atoms with Crippen LogP contribution in [-0.2, 0) is 16.0 Å². The first kappa shape index (κ1) is 21.0. The number of ether oxygens (including phenoxy) is 1. The number of aromatic nitrogens is 2. The fourth-order valence-corrected chi connectivity index (χ4v) is 4.80. The van der Waals surface area contributed by atoms with Gasteiger partial charge in [-0.2, -0.15) is 0 Å². The van der Waals surface area contributed by atoms with Crippen LogP contribution in [0.1, 0.15) is 46.8 Å². The van der Waals surface area contributed by atoms with E-state index >= 15 is 0 Å². The number of aryl methyl sites for hydroxylation is 1. The molecule has 0 saturated heterocycles. The molecule has 3 N–H and O–H groups in total. The maximum atomic E-state index is 12.9. The molecule has 2 heterocycles. The van der Waals surface area contributed by atoms with Gasteiger partial charge in [-0.05, 0) is 55.2 Å². The van der Waals surface area contributed by atoms with E-state index < -0.39 is 35.0 Å². The van der Waals surface area contributed by atoms with Crippen LogP contribution in [-0.4, -0.2) is 28.0 Å². The van der Waals surface area contributed by atoms with E-state index in [4.69, 9.17) is 10.5 Å². The number of hydrogen-bond acceptors (Lipinski definition) is 5. The molecule has 1 aliphatic heterocycles. The molecule has 1 aromatic heterocycles. The normalized spacial score (nSPS) is 16.1. The van der Waals surface area contributed by atoms with Gasteiger partial charge in [-0.15, -0.1) is 0 Å². The number of nitrogens with one attached hydrogen (secondary N) is 1. The number of H-pyrrole nitrogens is 1. The van der Waals surface area contributed by atoms with Crippen LogP contribution in [0, 0.1) is 0 Å². The van der Waals surface area contributed by atoms with Crippen molar-refractivity contribution in [2.24, 2.45) is 5.73 Å². The van der Waals surface area contributed by atoms with Crippen LogP contribution in [0.15, 0.2) is 50.5 Å². The van der Waals surface area contributed by atoms with Crippen molar-refractivity contribution in [2.45, 2.75) is 31.7 Å². The van der Waals surface area contributed by atoms with Gasteiger partial charge in [0.05, 0.1) is 35.2 Å². The third-order valence-corrected chi connectivity index (χ3v) is 6.03. The zero-order valence-corrected chi connectivity index (χ0v) is 18.3. The number of halogens is 1. The molecule has 8 nitrogen and oxygen atoms in total. The fraction of sp³-hybridized carbons (Fsp3) is 0.273. The summed E-state index contributed by atoms with van der Waals surface area (Å²) in [5, 5.41) is 0. The van der Waals surface area contributed by atoms with Crippen LogP contribution in [0.2, 0.25) is 0 Å². The van der Waals surface area contributed by atoms with Crippen molar-refractivity contribution >= 4 is 38.8 Å². The first-order valence-electron chi connectivity index (χ1n) is 9.85. The lowest BCUT2D eigenvalue weighted by Gasteiger charge is -2.32. The number of amides is 1. The molecule has 3 aromatic rings. The summed E-state index contributed by atoms with van der Waals surface area (Å²) in [5.74, 6) is -1.93. The summed E-state index contributed by atoms with van der Waals surface area (Å²) in [4.78, 5) is 52.3. The zero-order chi connectivity index (χ0) is 22.3. The summed E-state index contributed by atoms with van der Waals surface area (Å²) in [6, 6.07) is 9.40. The Balaban J connectivity index is 1.86. The molecular weight excluding hydrogens is 466 g/mol. The lowest BCUT2D eigenvalue weighted by molar-refractivity contribution is -0.120. The van der Waals surface area contributed by atoms with E-state index in [1.807, 2.05) is 6.07 Å². The molecule has 0 fully saturated rings. The molecule has 0 spiro atoms. The minimum Gasteiger partial charge on any atom is -0.462 e. The van der Waals surface area contributed by atoms with Crippen LogP contribution < -0.4 is 16.9 Å². The number of benzene rings is 2. The van der Waals surface area contributed by atoms with Gasteiger partial charge in [-0.25, -0.2) is 4.79 Å². The quantitative estimate of drug-likeness (QED) is 0.424. The maximum absolute atomic E-state index is 12.9. The van der Waals surface area contributed by atoms with Crippen molar-refractivity contribution in [2.75, 3.05) is 6.61 Å². The highest BCUT2D eigenvalue weighted by Crippen LogP contribution is 2.38. The zero-order valence-electron chi connectivity index (χ0n) is 16.7. The van der Waals surface area contributed by atoms with Gasteiger partial charge in [-0.3, -0.25) is 19.0 Å². The van der Waals surface area contributed by atoms with Gasteiger partial charge in [0.2, 0.25) is 5.91 Å². The lowest BCUT2D eigenvalue weighted by atomic mass is 9.84. The Hall–Kier alpha value is -3.20. The summed E-state index contributed by atoms with van der Waals surface area (Å²) < 4.78 is 7.17. The van der Waals surface area contributed by atoms with Crippen molar-refractivity contribution < 1.29 is 14.3 Å². The van der Waals surface area contributed by atoms with E-state index in [1.165, 1.54) is 4.57 Å². The number of carbonyl (C=O) groups is 2. The molecule has 9 heteroatoms. The monoisotopic (exact) mass is 485 g/mol. The average molecular weight is 486 g/mol. The van der Waals surface area contributed by atoms with Gasteiger partial charge in [0, 0.05) is 4.47 Å². The van der Waals surface area contributed by atoms with Crippen molar-refractivity contribution in [3.63, 3.8) is 0 Å². The summed E-state index contributed by atoms with van der Waals surface area (Å²) in [7, 11) is 0. The lowest BCUT2D eigenvalue weighted by Crippen LogP contribution is -2.43. The van der Waals surface area contributed by atoms with Crippen molar-refractivity contribution in [3.8, 4) is 0 Å². The van der Waals surface area contributed by atoms with Crippen molar-refractivity contribution in [1.82, 2.24) is 9.55 Å². The number of carbonyl (C=O) groups excluding carboxylic acids is 2. The van der Waals surface area contributed by atoms with Crippen LogP contribution in [0.5, 0.6) is 0 Å². The predicted molar refractivity (Wildman–Crippen MR) is 118 cm³/mol. The molecule has 0 aliphatic carbocycles. The Morgan fingerprint density at radius 1 is 1.26 bits per heavy atom. The summed E-state index contributed by atoms with van der Waals surface area (Å²) >= 11 is 3.43. The third kappa shape index (κ3) is 3.69. The Morgan fingerprint density at radius 2 is 1.97 bits per heavy atom. The third-order valence-electron chi connectivity index (χ3n) is 5.57. The molecule has 2 unspecified atom stereocenters. The highest BCUT2D eigenvalue weighted by atomic mass is 79.9. The van der Waals surface area contributed by atoms with Crippen LogP contribution in [0.25, 0.3) is 11.0 Å².